The van der Waals surface area contributed by atoms with Gasteiger partial charge in [0.1, 0.15) is 0 Å². The highest BCUT2D eigenvalue weighted by molar-refractivity contribution is 7.89. The fourth-order valence-electron chi connectivity index (χ4n) is 1.54. The maximum absolute atomic E-state index is 12.0. The van der Waals surface area contributed by atoms with Gasteiger partial charge >= 0.3 is 5.97 Å². The minimum Gasteiger partial charge on any atom is -0.449 e. The maximum atomic E-state index is 12.0. The predicted molar refractivity (Wildman–Crippen MR) is 76.1 cm³/mol. The van der Waals surface area contributed by atoms with Crippen molar-refractivity contribution in [3.05, 3.63) is 29.3 Å². The van der Waals surface area contributed by atoms with Gasteiger partial charge in [-0.2, -0.15) is 0 Å². The molecule has 21 heavy (non-hydrogen) atoms. The Hall–Kier alpha value is -1.93. The summed E-state index contributed by atoms with van der Waals surface area (Å²) in [4.78, 5) is 22.8. The van der Waals surface area contributed by atoms with Crippen molar-refractivity contribution in [1.29, 1.82) is 0 Å². The first-order chi connectivity index (χ1) is 9.69. The Balaban J connectivity index is 3.14. The van der Waals surface area contributed by atoms with Gasteiger partial charge in [0.2, 0.25) is 10.0 Å². The van der Waals surface area contributed by atoms with Crippen LogP contribution >= 0.6 is 0 Å². The van der Waals surface area contributed by atoms with Crippen LogP contribution < -0.4 is 10.5 Å². The van der Waals surface area contributed by atoms with E-state index in [-0.39, 0.29) is 17.0 Å². The molecule has 1 atom stereocenters. The van der Waals surface area contributed by atoms with Crippen LogP contribution in [0.4, 0.5) is 0 Å². The van der Waals surface area contributed by atoms with Crippen molar-refractivity contribution in [1.82, 2.24) is 4.72 Å². The number of rotatable bonds is 6. The summed E-state index contributed by atoms with van der Waals surface area (Å²) >= 11 is 0. The van der Waals surface area contributed by atoms with Crippen LogP contribution in [-0.4, -0.2) is 32.9 Å². The quantitative estimate of drug-likeness (QED) is 0.734. The number of aryl methyl sites for hydroxylation is 1. The smallest absolute Gasteiger partial charge is 0.339 e. The average Bonchev–Trinajstić information content (AvgIpc) is 2.38. The zero-order chi connectivity index (χ0) is 16.2. The number of esters is 1. The van der Waals surface area contributed by atoms with Gasteiger partial charge in [0.15, 0.2) is 6.10 Å². The fourth-order valence-corrected chi connectivity index (χ4v) is 2.61. The molecule has 0 heterocycles. The largest absolute Gasteiger partial charge is 0.449 e. The lowest BCUT2D eigenvalue weighted by Crippen LogP contribution is -2.30. The molecule has 0 spiro atoms. The lowest BCUT2D eigenvalue weighted by Gasteiger charge is -2.12. The number of hydrogen-bond donors (Lipinski definition) is 2. The Morgan fingerprint density at radius 3 is 2.52 bits per heavy atom. The molecule has 7 nitrogen and oxygen atoms in total. The van der Waals surface area contributed by atoms with E-state index in [9.17, 15) is 18.0 Å². The van der Waals surface area contributed by atoms with Crippen molar-refractivity contribution >= 4 is 21.9 Å². The van der Waals surface area contributed by atoms with Crippen molar-refractivity contribution in [2.24, 2.45) is 5.73 Å². The third-order valence-corrected chi connectivity index (χ3v) is 4.30. The normalized spacial score (nSPS) is 12.7. The van der Waals surface area contributed by atoms with E-state index in [1.54, 1.807) is 13.8 Å². The molecule has 1 amide bonds. The van der Waals surface area contributed by atoms with E-state index in [4.69, 9.17) is 10.5 Å². The van der Waals surface area contributed by atoms with Crippen LogP contribution in [0, 0.1) is 6.92 Å². The summed E-state index contributed by atoms with van der Waals surface area (Å²) in [5.41, 5.74) is 5.62. The zero-order valence-electron chi connectivity index (χ0n) is 12.0. The molecule has 8 heteroatoms. The van der Waals surface area contributed by atoms with Crippen molar-refractivity contribution in [2.75, 3.05) is 6.54 Å². The van der Waals surface area contributed by atoms with Crippen LogP contribution in [0.3, 0.4) is 0 Å². The minimum atomic E-state index is -3.68. The summed E-state index contributed by atoms with van der Waals surface area (Å²) in [5, 5.41) is 0. The van der Waals surface area contributed by atoms with Gasteiger partial charge in [0.05, 0.1) is 10.5 Å². The molecule has 0 saturated heterocycles. The van der Waals surface area contributed by atoms with Crippen molar-refractivity contribution in [3.8, 4) is 0 Å². The highest BCUT2D eigenvalue weighted by Crippen LogP contribution is 2.17. The van der Waals surface area contributed by atoms with Crippen LogP contribution in [0.1, 0.15) is 29.8 Å². The van der Waals surface area contributed by atoms with E-state index in [1.807, 2.05) is 0 Å². The molecule has 1 aromatic carbocycles. The molecule has 0 aliphatic rings. The third-order valence-electron chi connectivity index (χ3n) is 2.76. The second kappa shape index (κ2) is 6.68. The standard InChI is InChI=1S/C13H18N2O5S/c1-4-15-21(18,19)10-6-5-8(2)11(7-10)13(17)20-9(3)12(14)16/h5-7,9,15H,4H2,1-3H3,(H2,14,16). The summed E-state index contributed by atoms with van der Waals surface area (Å²) in [5.74, 6) is -1.58. The van der Waals surface area contributed by atoms with Gasteiger partial charge in [-0.15, -0.1) is 0 Å². The Labute approximate surface area is 123 Å². The monoisotopic (exact) mass is 314 g/mol. The molecule has 0 aromatic heterocycles. The number of primary amides is 1. The number of sulfonamides is 1. The molecule has 1 aromatic rings. The Kier molecular flexibility index (Phi) is 5.45. The van der Waals surface area contributed by atoms with Gasteiger partial charge in [0, 0.05) is 6.54 Å². The first kappa shape index (κ1) is 17.1. The molecule has 0 saturated carbocycles. The summed E-state index contributed by atoms with van der Waals surface area (Å²) in [6, 6.07) is 4.10. The molecule has 0 aliphatic carbocycles. The van der Waals surface area contributed by atoms with Gasteiger partial charge in [-0.05, 0) is 31.5 Å². The molecule has 116 valence electrons. The van der Waals surface area contributed by atoms with Crippen LogP contribution in [0.5, 0.6) is 0 Å². The Bertz CT molecular complexity index is 655. The van der Waals surface area contributed by atoms with Gasteiger partial charge < -0.3 is 10.5 Å². The number of nitrogens with two attached hydrogens (primary N) is 1. The molecule has 1 unspecified atom stereocenters. The Morgan fingerprint density at radius 1 is 1.38 bits per heavy atom. The average molecular weight is 314 g/mol. The van der Waals surface area contributed by atoms with Crippen molar-refractivity contribution in [3.63, 3.8) is 0 Å². The third kappa shape index (κ3) is 4.27. The number of carbonyl (C=O) groups is 2. The number of amides is 1. The molecule has 0 radical (unpaired) electrons. The summed E-state index contributed by atoms with van der Waals surface area (Å²) in [6.45, 7) is 4.86. The molecule has 0 fully saturated rings. The van der Waals surface area contributed by atoms with Crippen LogP contribution in [0.25, 0.3) is 0 Å². The zero-order valence-corrected chi connectivity index (χ0v) is 12.9. The molecule has 3 N–H and O–H groups in total. The van der Waals surface area contributed by atoms with Gasteiger partial charge in [0.25, 0.3) is 5.91 Å². The lowest BCUT2D eigenvalue weighted by atomic mass is 10.1. The van der Waals surface area contributed by atoms with Gasteiger partial charge in [-0.3, -0.25) is 4.79 Å². The fraction of sp³-hybridized carbons (Fsp3) is 0.385. The van der Waals surface area contributed by atoms with E-state index >= 15 is 0 Å². The van der Waals surface area contributed by atoms with Gasteiger partial charge in [-0.25, -0.2) is 17.9 Å². The molecule has 0 aliphatic heterocycles. The van der Waals surface area contributed by atoms with E-state index in [0.717, 1.165) is 0 Å². The number of carbonyl (C=O) groups excluding carboxylic acids is 2. The maximum Gasteiger partial charge on any atom is 0.339 e. The lowest BCUT2D eigenvalue weighted by molar-refractivity contribution is -0.125. The molecular weight excluding hydrogens is 296 g/mol. The first-order valence-corrected chi connectivity index (χ1v) is 7.78. The number of hydrogen-bond acceptors (Lipinski definition) is 5. The van der Waals surface area contributed by atoms with Crippen LogP contribution in [0.2, 0.25) is 0 Å². The van der Waals surface area contributed by atoms with E-state index < -0.39 is 28.0 Å². The van der Waals surface area contributed by atoms with Crippen molar-refractivity contribution < 1.29 is 22.7 Å². The number of nitrogens with one attached hydrogen (secondary N) is 1. The topological polar surface area (TPSA) is 116 Å². The van der Waals surface area contributed by atoms with Crippen molar-refractivity contribution in [2.45, 2.75) is 31.8 Å². The number of ether oxygens (including phenoxy) is 1. The van der Waals surface area contributed by atoms with Gasteiger partial charge in [-0.1, -0.05) is 13.0 Å². The van der Waals surface area contributed by atoms with E-state index in [2.05, 4.69) is 4.72 Å². The van der Waals surface area contributed by atoms with E-state index in [1.165, 1.54) is 25.1 Å². The summed E-state index contributed by atoms with van der Waals surface area (Å²) < 4.78 is 31.0. The van der Waals surface area contributed by atoms with E-state index in [0.29, 0.717) is 5.56 Å². The first-order valence-electron chi connectivity index (χ1n) is 6.29. The second-order valence-electron chi connectivity index (χ2n) is 4.43. The summed E-state index contributed by atoms with van der Waals surface area (Å²) in [7, 11) is -3.68. The predicted octanol–water partition coefficient (Wildman–Crippen LogP) is 0.324. The SMILES string of the molecule is CCNS(=O)(=O)c1ccc(C)c(C(=O)OC(C)C(N)=O)c1. The molecule has 0 bridgehead atoms. The molecule has 1 rings (SSSR count). The number of benzene rings is 1. The molecular formula is C13H18N2O5S. The minimum absolute atomic E-state index is 0.0476. The van der Waals surface area contributed by atoms with Crippen LogP contribution in [0.15, 0.2) is 23.1 Å². The highest BCUT2D eigenvalue weighted by Gasteiger charge is 2.21. The Morgan fingerprint density at radius 2 is 2.00 bits per heavy atom. The summed E-state index contributed by atoms with van der Waals surface area (Å²) in [6.07, 6.45) is -1.09. The van der Waals surface area contributed by atoms with Crippen LogP contribution in [-0.2, 0) is 19.6 Å². The highest BCUT2D eigenvalue weighted by atomic mass is 32.2. The second-order valence-corrected chi connectivity index (χ2v) is 6.19.